The molecule has 15 heavy (non-hydrogen) atoms. The van der Waals surface area contributed by atoms with Crippen molar-refractivity contribution in [3.63, 3.8) is 0 Å². The minimum atomic E-state index is -0.0881. The Morgan fingerprint density at radius 1 is 1.20 bits per heavy atom. The third-order valence-electron chi connectivity index (χ3n) is 3.89. The Kier molecular flexibility index (Phi) is 2.06. The van der Waals surface area contributed by atoms with Crippen LogP contribution in [0.25, 0.3) is 0 Å². The molecule has 1 aliphatic carbocycles. The van der Waals surface area contributed by atoms with E-state index in [1.165, 1.54) is 12.8 Å². The fourth-order valence-electron chi connectivity index (χ4n) is 2.87. The minimum absolute atomic E-state index is 0.0392. The number of nitrogens with one attached hydrogen (secondary N) is 1. The average Bonchev–Trinajstić information content (AvgIpc) is 2.83. The molecule has 1 N–H and O–H groups in total. The first-order valence-electron chi connectivity index (χ1n) is 5.82. The molecule has 0 bridgehead atoms. The molecule has 1 saturated carbocycles. The molecule has 3 rings (SSSR count). The molecule has 2 amide bonds. The van der Waals surface area contributed by atoms with E-state index in [0.29, 0.717) is 12.3 Å². The second-order valence-corrected chi connectivity index (χ2v) is 5.00. The van der Waals surface area contributed by atoms with Crippen molar-refractivity contribution in [1.82, 2.24) is 10.2 Å². The van der Waals surface area contributed by atoms with E-state index in [0.717, 1.165) is 25.6 Å². The number of carbonyl (C=O) groups is 2. The molecule has 0 aromatic rings. The zero-order valence-electron chi connectivity index (χ0n) is 8.74. The zero-order chi connectivity index (χ0) is 10.4. The molecule has 2 aliphatic heterocycles. The monoisotopic (exact) mass is 208 g/mol. The first-order valence-corrected chi connectivity index (χ1v) is 5.82. The summed E-state index contributed by atoms with van der Waals surface area (Å²) in [6.45, 7) is 2.14. The topological polar surface area (TPSA) is 49.4 Å². The van der Waals surface area contributed by atoms with Gasteiger partial charge in [-0.15, -0.1) is 0 Å². The van der Waals surface area contributed by atoms with E-state index >= 15 is 0 Å². The van der Waals surface area contributed by atoms with Gasteiger partial charge in [0.25, 0.3) is 0 Å². The summed E-state index contributed by atoms with van der Waals surface area (Å²) in [5.74, 6) is 0.246. The van der Waals surface area contributed by atoms with Crippen LogP contribution in [0.1, 0.15) is 25.7 Å². The Hall–Kier alpha value is -0.900. The summed E-state index contributed by atoms with van der Waals surface area (Å²) < 4.78 is 0. The van der Waals surface area contributed by atoms with E-state index in [2.05, 4.69) is 10.2 Å². The number of nitrogens with zero attached hydrogens (tertiary/aromatic N) is 1. The first-order chi connectivity index (χ1) is 7.24. The Morgan fingerprint density at radius 2 is 2.00 bits per heavy atom. The van der Waals surface area contributed by atoms with Crippen LogP contribution in [0.4, 0.5) is 0 Å². The minimum Gasteiger partial charge on any atom is -0.300 e. The average molecular weight is 208 g/mol. The first kappa shape index (κ1) is 9.33. The number of carbonyl (C=O) groups excluding carboxylic acids is 2. The van der Waals surface area contributed by atoms with Gasteiger partial charge in [0.15, 0.2) is 0 Å². The summed E-state index contributed by atoms with van der Waals surface area (Å²) in [5.41, 5.74) is 0. The highest BCUT2D eigenvalue weighted by Gasteiger charge is 2.42. The van der Waals surface area contributed by atoms with Gasteiger partial charge in [0.05, 0.1) is 5.92 Å². The van der Waals surface area contributed by atoms with Crippen LogP contribution in [0.2, 0.25) is 0 Å². The van der Waals surface area contributed by atoms with Crippen molar-refractivity contribution in [2.45, 2.75) is 31.7 Å². The maximum Gasteiger partial charge on any atom is 0.230 e. The van der Waals surface area contributed by atoms with Gasteiger partial charge in [0, 0.05) is 19.0 Å². The van der Waals surface area contributed by atoms with Gasteiger partial charge >= 0.3 is 0 Å². The Bertz CT molecular complexity index is 312. The smallest absolute Gasteiger partial charge is 0.230 e. The maximum absolute atomic E-state index is 11.5. The predicted octanol–water partition coefficient (Wildman–Crippen LogP) is 0.133. The lowest BCUT2D eigenvalue weighted by Crippen LogP contribution is -2.29. The van der Waals surface area contributed by atoms with Crippen LogP contribution in [0.3, 0.4) is 0 Å². The Balaban J connectivity index is 1.63. The van der Waals surface area contributed by atoms with Crippen molar-refractivity contribution >= 4 is 11.8 Å². The van der Waals surface area contributed by atoms with E-state index in [1.54, 1.807) is 0 Å². The highest BCUT2D eigenvalue weighted by atomic mass is 16.2. The standard InChI is InChI=1S/C11H16N2O2/c14-10-5-9(11(15)12-10)7-3-4-13(6-7)8-1-2-8/h7-9H,1-6H2,(H,12,14,15). The third kappa shape index (κ3) is 1.67. The highest BCUT2D eigenvalue weighted by molar-refractivity contribution is 6.03. The largest absolute Gasteiger partial charge is 0.300 e. The fourth-order valence-corrected chi connectivity index (χ4v) is 2.87. The van der Waals surface area contributed by atoms with E-state index < -0.39 is 0 Å². The number of amides is 2. The third-order valence-corrected chi connectivity index (χ3v) is 3.89. The number of likely N-dealkylation sites (tertiary alicyclic amines) is 1. The van der Waals surface area contributed by atoms with Gasteiger partial charge < -0.3 is 4.90 Å². The van der Waals surface area contributed by atoms with Crippen molar-refractivity contribution in [2.24, 2.45) is 11.8 Å². The molecule has 0 aromatic carbocycles. The van der Waals surface area contributed by atoms with E-state index in [9.17, 15) is 9.59 Å². The molecule has 0 spiro atoms. The van der Waals surface area contributed by atoms with Crippen LogP contribution in [0, 0.1) is 11.8 Å². The van der Waals surface area contributed by atoms with Crippen LogP contribution < -0.4 is 5.32 Å². The molecule has 4 nitrogen and oxygen atoms in total. The summed E-state index contributed by atoms with van der Waals surface area (Å²) in [5, 5.41) is 2.41. The normalized spacial score (nSPS) is 37.3. The van der Waals surface area contributed by atoms with Crippen molar-refractivity contribution in [1.29, 1.82) is 0 Å². The predicted molar refractivity (Wildman–Crippen MR) is 54.0 cm³/mol. The molecule has 2 heterocycles. The molecule has 2 unspecified atom stereocenters. The van der Waals surface area contributed by atoms with Crippen molar-refractivity contribution < 1.29 is 9.59 Å². The van der Waals surface area contributed by atoms with Gasteiger partial charge in [-0.1, -0.05) is 0 Å². The fraction of sp³-hybridized carbons (Fsp3) is 0.818. The lowest BCUT2D eigenvalue weighted by atomic mass is 9.90. The number of hydrogen-bond acceptors (Lipinski definition) is 3. The number of imide groups is 1. The summed E-state index contributed by atoms with van der Waals surface area (Å²) in [6, 6.07) is 0.787. The summed E-state index contributed by atoms with van der Waals surface area (Å²) in [7, 11) is 0. The molecule has 0 radical (unpaired) electrons. The van der Waals surface area contributed by atoms with E-state index in [-0.39, 0.29) is 17.7 Å². The van der Waals surface area contributed by atoms with E-state index in [1.807, 2.05) is 0 Å². The summed E-state index contributed by atoms with van der Waals surface area (Å²) >= 11 is 0. The lowest BCUT2D eigenvalue weighted by molar-refractivity contribution is -0.126. The number of rotatable bonds is 2. The van der Waals surface area contributed by atoms with Crippen LogP contribution in [-0.2, 0) is 9.59 Å². The van der Waals surface area contributed by atoms with Crippen LogP contribution >= 0.6 is 0 Å². The molecule has 3 fully saturated rings. The Labute approximate surface area is 89.0 Å². The highest BCUT2D eigenvalue weighted by Crippen LogP contribution is 2.35. The molecule has 82 valence electrons. The Morgan fingerprint density at radius 3 is 2.60 bits per heavy atom. The molecule has 3 aliphatic rings. The van der Waals surface area contributed by atoms with Crippen LogP contribution in [-0.4, -0.2) is 35.8 Å². The molecular weight excluding hydrogens is 192 g/mol. The molecule has 2 saturated heterocycles. The van der Waals surface area contributed by atoms with Gasteiger partial charge in [-0.2, -0.15) is 0 Å². The van der Waals surface area contributed by atoms with Crippen LogP contribution in [0.5, 0.6) is 0 Å². The van der Waals surface area contributed by atoms with Gasteiger partial charge in [-0.3, -0.25) is 14.9 Å². The van der Waals surface area contributed by atoms with Crippen molar-refractivity contribution in [2.75, 3.05) is 13.1 Å². The second-order valence-electron chi connectivity index (χ2n) is 5.00. The van der Waals surface area contributed by atoms with Gasteiger partial charge in [-0.25, -0.2) is 0 Å². The molecule has 2 atom stereocenters. The molecule has 0 aromatic heterocycles. The summed E-state index contributed by atoms with van der Waals surface area (Å²) in [4.78, 5) is 25.1. The van der Waals surface area contributed by atoms with Gasteiger partial charge in [0.1, 0.15) is 0 Å². The summed E-state index contributed by atoms with van der Waals surface area (Å²) in [6.07, 6.45) is 4.15. The van der Waals surface area contributed by atoms with E-state index in [4.69, 9.17) is 0 Å². The second kappa shape index (κ2) is 3.30. The molecular formula is C11H16N2O2. The van der Waals surface area contributed by atoms with Crippen LogP contribution in [0.15, 0.2) is 0 Å². The van der Waals surface area contributed by atoms with Gasteiger partial charge in [0.2, 0.25) is 11.8 Å². The maximum atomic E-state index is 11.5. The lowest BCUT2D eigenvalue weighted by Gasteiger charge is -2.17. The number of hydrogen-bond donors (Lipinski definition) is 1. The van der Waals surface area contributed by atoms with Gasteiger partial charge in [-0.05, 0) is 31.7 Å². The van der Waals surface area contributed by atoms with Crippen molar-refractivity contribution in [3.8, 4) is 0 Å². The van der Waals surface area contributed by atoms with Crippen molar-refractivity contribution in [3.05, 3.63) is 0 Å². The quantitative estimate of drug-likeness (QED) is 0.656. The zero-order valence-corrected chi connectivity index (χ0v) is 8.74. The SMILES string of the molecule is O=C1CC(C2CCN(C3CC3)C2)C(=O)N1. The molecule has 4 heteroatoms.